The van der Waals surface area contributed by atoms with Crippen molar-refractivity contribution in [3.8, 4) is 0 Å². The molecule has 2 aromatic carbocycles. The second-order valence-electron chi connectivity index (χ2n) is 7.71. The molecule has 0 aliphatic carbocycles. The molecule has 1 aliphatic rings. The average Bonchev–Trinajstić information content (AvgIpc) is 2.58. The van der Waals surface area contributed by atoms with Crippen molar-refractivity contribution in [1.82, 2.24) is 10.2 Å². The second kappa shape index (κ2) is 5.58. The molecule has 132 valence electrons. The van der Waals surface area contributed by atoms with Gasteiger partial charge in [0.1, 0.15) is 11.2 Å². The maximum absolute atomic E-state index is 13.9. The Balaban J connectivity index is 2.00. The summed E-state index contributed by atoms with van der Waals surface area (Å²) in [4.78, 5) is 5.01. The molecular weight excluding hydrogens is 349 g/mol. The Kier molecular flexibility index (Phi) is 3.67. The van der Waals surface area contributed by atoms with Crippen molar-refractivity contribution < 1.29 is 4.39 Å². The Bertz CT molecular complexity index is 1070. The zero-order valence-corrected chi connectivity index (χ0v) is 15.9. The molecule has 0 spiro atoms. The van der Waals surface area contributed by atoms with Crippen molar-refractivity contribution in [2.45, 2.75) is 38.6 Å². The van der Waals surface area contributed by atoms with Gasteiger partial charge in [0.15, 0.2) is 5.82 Å². The van der Waals surface area contributed by atoms with Gasteiger partial charge in [0.05, 0.1) is 11.3 Å². The van der Waals surface area contributed by atoms with Gasteiger partial charge < -0.3 is 0 Å². The van der Waals surface area contributed by atoms with Crippen LogP contribution >= 0.6 is 11.6 Å². The minimum atomic E-state index is -0.390. The van der Waals surface area contributed by atoms with Gasteiger partial charge in [0.2, 0.25) is 0 Å². The largest absolute Gasteiger partial charge is 0.275 e. The Morgan fingerprint density at radius 2 is 1.69 bits per heavy atom. The molecule has 0 atom stereocenters. The molecule has 0 amide bonds. The molecule has 26 heavy (non-hydrogen) atoms. The van der Waals surface area contributed by atoms with E-state index in [1.807, 2.05) is 30.3 Å². The van der Waals surface area contributed by atoms with E-state index in [0.29, 0.717) is 16.1 Å². The first-order chi connectivity index (χ1) is 12.2. The highest BCUT2D eigenvalue weighted by molar-refractivity contribution is 6.32. The summed E-state index contributed by atoms with van der Waals surface area (Å²) in [6.45, 7) is 8.49. The summed E-state index contributed by atoms with van der Waals surface area (Å²) in [5.74, 6) is -0.378. The van der Waals surface area contributed by atoms with Gasteiger partial charge in [-0.1, -0.05) is 49.7 Å². The molecule has 0 fully saturated rings. The van der Waals surface area contributed by atoms with Crippen LogP contribution in [0.25, 0.3) is 10.9 Å². The number of benzene rings is 2. The van der Waals surface area contributed by atoms with Crippen LogP contribution in [0.3, 0.4) is 0 Å². The number of fused-ring (bicyclic) bond motifs is 2. The lowest BCUT2D eigenvalue weighted by molar-refractivity contribution is 0.303. The smallest absolute Gasteiger partial charge is 0.151 e. The Morgan fingerprint density at radius 1 is 0.962 bits per heavy atom. The maximum atomic E-state index is 13.9. The molecule has 2 heterocycles. The molecule has 0 saturated carbocycles. The Labute approximate surface area is 156 Å². The van der Waals surface area contributed by atoms with E-state index in [-0.39, 0.29) is 22.3 Å². The van der Waals surface area contributed by atoms with Crippen LogP contribution in [-0.4, -0.2) is 21.4 Å². The fourth-order valence-electron chi connectivity index (χ4n) is 3.49. The third kappa shape index (κ3) is 2.36. The summed E-state index contributed by atoms with van der Waals surface area (Å²) >= 11 is 6.58. The first kappa shape index (κ1) is 17.1. The maximum Gasteiger partial charge on any atom is 0.151 e. The number of halogens is 2. The zero-order chi connectivity index (χ0) is 18.7. The van der Waals surface area contributed by atoms with Gasteiger partial charge in [0.25, 0.3) is 0 Å². The molecule has 5 heteroatoms. The average molecular weight is 368 g/mol. The lowest BCUT2D eigenvalue weighted by atomic mass is 9.66. The molecule has 3 aromatic rings. The molecule has 0 N–H and O–H groups in total. The van der Waals surface area contributed by atoms with Crippen molar-refractivity contribution in [2.24, 2.45) is 4.99 Å². The standard InChI is InChI=1S/C21H19ClFN3/c1-20(2)17-13(8-6-9-14(17)22)19(24-21(20,3)4)16-11-12-7-5-10-15(23)18(12)26-25-16/h5-11H,1-4H3. The molecule has 0 radical (unpaired) electrons. The van der Waals surface area contributed by atoms with Gasteiger partial charge in [-0.15, -0.1) is 10.2 Å². The summed E-state index contributed by atoms with van der Waals surface area (Å²) in [5, 5.41) is 9.78. The summed E-state index contributed by atoms with van der Waals surface area (Å²) in [6.07, 6.45) is 0. The van der Waals surface area contributed by atoms with E-state index in [2.05, 4.69) is 37.9 Å². The van der Waals surface area contributed by atoms with Crippen molar-refractivity contribution >= 4 is 28.2 Å². The predicted molar refractivity (Wildman–Crippen MR) is 104 cm³/mol. The van der Waals surface area contributed by atoms with Crippen molar-refractivity contribution in [1.29, 1.82) is 0 Å². The van der Waals surface area contributed by atoms with Gasteiger partial charge in [-0.3, -0.25) is 4.99 Å². The molecule has 3 nitrogen and oxygen atoms in total. The van der Waals surface area contributed by atoms with Crippen LogP contribution in [0.15, 0.2) is 47.5 Å². The van der Waals surface area contributed by atoms with Gasteiger partial charge in [0, 0.05) is 21.4 Å². The molecule has 1 aromatic heterocycles. The quantitative estimate of drug-likeness (QED) is 0.583. The lowest BCUT2D eigenvalue weighted by Gasteiger charge is -2.44. The third-order valence-electron chi connectivity index (χ3n) is 5.63. The summed E-state index contributed by atoms with van der Waals surface area (Å²) in [7, 11) is 0. The summed E-state index contributed by atoms with van der Waals surface area (Å²) in [5.41, 5.74) is 2.99. The monoisotopic (exact) mass is 367 g/mol. The number of hydrogen-bond donors (Lipinski definition) is 0. The Morgan fingerprint density at radius 3 is 2.46 bits per heavy atom. The van der Waals surface area contributed by atoms with E-state index in [1.165, 1.54) is 6.07 Å². The number of aliphatic imine (C=N–C) groups is 1. The van der Waals surface area contributed by atoms with Crippen molar-refractivity contribution in [2.75, 3.05) is 0 Å². The number of hydrogen-bond acceptors (Lipinski definition) is 3. The fraction of sp³-hybridized carbons (Fsp3) is 0.286. The van der Waals surface area contributed by atoms with Crippen molar-refractivity contribution in [3.05, 3.63) is 70.1 Å². The van der Waals surface area contributed by atoms with Crippen molar-refractivity contribution in [3.63, 3.8) is 0 Å². The second-order valence-corrected chi connectivity index (χ2v) is 8.12. The van der Waals surface area contributed by atoms with E-state index < -0.39 is 0 Å². The SMILES string of the molecule is CC1(C)N=C(c2cc3cccc(F)c3nn2)c2cccc(Cl)c2C1(C)C. The Hall–Kier alpha value is -2.33. The zero-order valence-electron chi connectivity index (χ0n) is 15.1. The van der Waals surface area contributed by atoms with E-state index in [1.54, 1.807) is 6.07 Å². The number of aromatic nitrogens is 2. The first-order valence-electron chi connectivity index (χ1n) is 8.54. The van der Waals surface area contributed by atoms with Gasteiger partial charge in [-0.2, -0.15) is 0 Å². The number of nitrogens with zero attached hydrogens (tertiary/aromatic N) is 3. The fourth-order valence-corrected chi connectivity index (χ4v) is 3.90. The molecule has 0 unspecified atom stereocenters. The minimum absolute atomic E-state index is 0.249. The van der Waals surface area contributed by atoms with Crippen LogP contribution in [0.5, 0.6) is 0 Å². The van der Waals surface area contributed by atoms with Gasteiger partial charge >= 0.3 is 0 Å². The third-order valence-corrected chi connectivity index (χ3v) is 5.94. The van der Waals surface area contributed by atoms with Crippen LogP contribution in [-0.2, 0) is 5.41 Å². The highest BCUT2D eigenvalue weighted by atomic mass is 35.5. The van der Waals surface area contributed by atoms with Crippen LogP contribution in [0.2, 0.25) is 5.02 Å². The summed E-state index contributed by atoms with van der Waals surface area (Å²) < 4.78 is 13.9. The van der Waals surface area contributed by atoms with Gasteiger partial charge in [-0.25, -0.2) is 4.39 Å². The van der Waals surface area contributed by atoms with E-state index in [0.717, 1.165) is 16.8 Å². The highest BCUT2D eigenvalue weighted by Crippen LogP contribution is 2.46. The molecule has 0 bridgehead atoms. The molecular formula is C21H19ClFN3. The van der Waals surface area contributed by atoms with E-state index in [4.69, 9.17) is 16.6 Å². The molecule has 4 rings (SSSR count). The molecule has 0 saturated heterocycles. The summed E-state index contributed by atoms with van der Waals surface area (Å²) in [6, 6.07) is 12.5. The van der Waals surface area contributed by atoms with Crippen LogP contribution in [0.1, 0.15) is 44.5 Å². The van der Waals surface area contributed by atoms with E-state index in [9.17, 15) is 4.39 Å². The van der Waals surface area contributed by atoms with Gasteiger partial charge in [-0.05, 0) is 37.6 Å². The normalized spacial score (nSPS) is 17.7. The van der Waals surface area contributed by atoms with E-state index >= 15 is 0 Å². The first-order valence-corrected chi connectivity index (χ1v) is 8.92. The molecule has 1 aliphatic heterocycles. The minimum Gasteiger partial charge on any atom is -0.275 e. The number of rotatable bonds is 1. The van der Waals surface area contributed by atoms with Crippen LogP contribution < -0.4 is 0 Å². The topological polar surface area (TPSA) is 38.1 Å². The highest BCUT2D eigenvalue weighted by Gasteiger charge is 2.45. The lowest BCUT2D eigenvalue weighted by Crippen LogP contribution is -2.46. The van der Waals surface area contributed by atoms with Crippen LogP contribution in [0.4, 0.5) is 4.39 Å². The predicted octanol–water partition coefficient (Wildman–Crippen LogP) is 5.33. The van der Waals surface area contributed by atoms with Crippen LogP contribution in [0, 0.1) is 5.82 Å².